The minimum Gasteiger partial charge on any atom is -0.496 e. The van der Waals surface area contributed by atoms with Crippen molar-refractivity contribution in [1.29, 1.82) is 0 Å². The fourth-order valence-electron chi connectivity index (χ4n) is 5.81. The molecule has 0 saturated carbocycles. The third-order valence-electron chi connectivity index (χ3n) is 7.59. The Labute approximate surface area is 219 Å². The van der Waals surface area contributed by atoms with Crippen LogP contribution in [0.2, 0.25) is 0 Å². The third kappa shape index (κ3) is 3.63. The van der Waals surface area contributed by atoms with Crippen LogP contribution in [-0.4, -0.2) is 50.2 Å². The lowest BCUT2D eigenvalue weighted by atomic mass is 9.99. The monoisotopic (exact) mass is 504 g/mol. The van der Waals surface area contributed by atoms with Gasteiger partial charge in [0.2, 0.25) is 0 Å². The summed E-state index contributed by atoms with van der Waals surface area (Å²) in [7, 11) is 1.69. The zero-order chi connectivity index (χ0) is 25.8. The molecule has 1 aliphatic rings. The van der Waals surface area contributed by atoms with Crippen molar-refractivity contribution in [3.05, 3.63) is 65.9 Å². The van der Waals surface area contributed by atoms with Gasteiger partial charge in [-0.2, -0.15) is 0 Å². The van der Waals surface area contributed by atoms with Gasteiger partial charge >= 0.3 is 0 Å². The second kappa shape index (κ2) is 8.92. The van der Waals surface area contributed by atoms with Crippen molar-refractivity contribution >= 4 is 32.8 Å². The fourth-order valence-corrected chi connectivity index (χ4v) is 5.81. The first kappa shape index (κ1) is 22.9. The fraction of sp³-hybridized carbons (Fsp3) is 0.267. The number of nitrogens with zero attached hydrogens (tertiary/aromatic N) is 5. The highest BCUT2D eigenvalue weighted by atomic mass is 16.5. The number of benzene rings is 2. The number of nitrogens with one attached hydrogen (secondary N) is 1. The summed E-state index contributed by atoms with van der Waals surface area (Å²) in [6.45, 7) is 6.77. The van der Waals surface area contributed by atoms with E-state index in [-0.39, 0.29) is 0 Å². The zero-order valence-electron chi connectivity index (χ0n) is 21.7. The van der Waals surface area contributed by atoms with Crippen LogP contribution in [0, 0.1) is 13.8 Å². The Balaban J connectivity index is 1.53. The van der Waals surface area contributed by atoms with E-state index >= 15 is 0 Å². The van der Waals surface area contributed by atoms with Gasteiger partial charge in [0.05, 0.1) is 41.5 Å². The molecular weight excluding hydrogens is 476 g/mol. The summed E-state index contributed by atoms with van der Waals surface area (Å²) in [6.07, 6.45) is 4.30. The van der Waals surface area contributed by atoms with Crippen LogP contribution in [-0.2, 0) is 6.54 Å². The Kier molecular flexibility index (Phi) is 5.37. The Morgan fingerprint density at radius 1 is 1.00 bits per heavy atom. The van der Waals surface area contributed by atoms with E-state index in [2.05, 4.69) is 44.3 Å². The summed E-state index contributed by atoms with van der Waals surface area (Å²) in [6, 6.07) is 14.4. The van der Waals surface area contributed by atoms with E-state index in [0.29, 0.717) is 0 Å². The maximum Gasteiger partial charge on any atom is 0.145 e. The molecule has 2 aromatic carbocycles. The second-order valence-corrected chi connectivity index (χ2v) is 9.99. The van der Waals surface area contributed by atoms with Crippen molar-refractivity contribution in [2.75, 3.05) is 20.2 Å². The number of hydrogen-bond acceptors (Lipinski definition) is 7. The van der Waals surface area contributed by atoms with Crippen LogP contribution in [0.15, 0.2) is 53.2 Å². The molecule has 7 rings (SSSR count). The lowest BCUT2D eigenvalue weighted by molar-refractivity contribution is 0.323. The van der Waals surface area contributed by atoms with E-state index in [1.165, 1.54) is 12.8 Å². The smallest absolute Gasteiger partial charge is 0.145 e. The molecule has 8 heteroatoms. The van der Waals surface area contributed by atoms with Crippen molar-refractivity contribution in [1.82, 2.24) is 30.0 Å². The molecule has 0 atom stereocenters. The van der Waals surface area contributed by atoms with Crippen LogP contribution in [0.3, 0.4) is 0 Å². The number of para-hydroxylation sites is 1. The highest BCUT2D eigenvalue weighted by molar-refractivity contribution is 6.15. The molecule has 0 bridgehead atoms. The van der Waals surface area contributed by atoms with Crippen LogP contribution in [0.4, 0.5) is 0 Å². The molecule has 0 spiro atoms. The summed E-state index contributed by atoms with van der Waals surface area (Å²) in [5, 5.41) is 7.21. The first-order valence-corrected chi connectivity index (χ1v) is 13.0. The van der Waals surface area contributed by atoms with Crippen molar-refractivity contribution in [2.24, 2.45) is 0 Å². The Morgan fingerprint density at radius 3 is 2.63 bits per heavy atom. The summed E-state index contributed by atoms with van der Waals surface area (Å²) < 4.78 is 11.4. The summed E-state index contributed by atoms with van der Waals surface area (Å²) in [5.41, 5.74) is 7.37. The highest BCUT2D eigenvalue weighted by Crippen LogP contribution is 2.42. The SMILES string of the molecule is COc1cc2c(cc1-c1c(C)noc1C)[nH]c1nc(CN3CCCC3)nc(-c3ccnc4ccccc34)c12. The number of aryl methyl sites for hydroxylation is 2. The maximum atomic E-state index is 5.89. The van der Waals surface area contributed by atoms with Crippen molar-refractivity contribution < 1.29 is 9.26 Å². The number of aromatic nitrogens is 5. The number of aromatic amines is 1. The number of hydrogen-bond donors (Lipinski definition) is 1. The lowest BCUT2D eigenvalue weighted by Crippen LogP contribution is -2.20. The summed E-state index contributed by atoms with van der Waals surface area (Å²) in [4.78, 5) is 20.8. The standard InChI is InChI=1S/C30H28N6O2/c1-17-27(18(2)38-35-17)22-14-24-21(15-25(22)37-3)28-29(20-10-11-31-23-9-5-4-8-19(20)23)33-26(34-30(28)32-24)16-36-12-6-7-13-36/h4-5,8-11,14-15H,6-7,12-13,16H2,1-3H3,(H,32,33,34). The molecule has 1 fully saturated rings. The molecule has 5 heterocycles. The number of rotatable bonds is 5. The van der Waals surface area contributed by atoms with Crippen molar-refractivity contribution in [3.63, 3.8) is 0 Å². The van der Waals surface area contributed by atoms with Gasteiger partial charge in [0.15, 0.2) is 0 Å². The number of pyridine rings is 1. The van der Waals surface area contributed by atoms with E-state index in [1.54, 1.807) is 7.11 Å². The number of methoxy groups -OCH3 is 1. The molecule has 1 saturated heterocycles. The molecule has 0 aliphatic carbocycles. The molecule has 38 heavy (non-hydrogen) atoms. The number of fused-ring (bicyclic) bond motifs is 4. The Hall–Kier alpha value is -4.30. The minimum absolute atomic E-state index is 0.731. The lowest BCUT2D eigenvalue weighted by Gasteiger charge is -2.15. The van der Waals surface area contributed by atoms with Crippen LogP contribution >= 0.6 is 0 Å². The molecule has 0 unspecified atom stereocenters. The van der Waals surface area contributed by atoms with Crippen LogP contribution in [0.5, 0.6) is 5.75 Å². The molecule has 0 amide bonds. The third-order valence-corrected chi connectivity index (χ3v) is 7.59. The first-order chi connectivity index (χ1) is 18.6. The van der Waals surface area contributed by atoms with Gasteiger partial charge in [0, 0.05) is 33.6 Å². The Morgan fingerprint density at radius 2 is 1.84 bits per heavy atom. The van der Waals surface area contributed by atoms with E-state index in [4.69, 9.17) is 19.2 Å². The van der Waals surface area contributed by atoms with Crippen LogP contribution < -0.4 is 4.74 Å². The molecule has 4 aromatic heterocycles. The van der Waals surface area contributed by atoms with Gasteiger partial charge in [-0.05, 0) is 64.0 Å². The largest absolute Gasteiger partial charge is 0.496 e. The van der Waals surface area contributed by atoms with Gasteiger partial charge in [-0.3, -0.25) is 9.88 Å². The molecule has 0 radical (unpaired) electrons. The molecule has 8 nitrogen and oxygen atoms in total. The molecule has 1 aliphatic heterocycles. The highest BCUT2D eigenvalue weighted by Gasteiger charge is 2.23. The normalized spacial score (nSPS) is 14.3. The molecule has 6 aromatic rings. The van der Waals surface area contributed by atoms with Crippen LogP contribution in [0.1, 0.15) is 30.1 Å². The summed E-state index contributed by atoms with van der Waals surface area (Å²) >= 11 is 0. The predicted molar refractivity (Wildman–Crippen MR) is 148 cm³/mol. The molecule has 1 N–H and O–H groups in total. The second-order valence-electron chi connectivity index (χ2n) is 9.99. The van der Waals surface area contributed by atoms with E-state index < -0.39 is 0 Å². The van der Waals surface area contributed by atoms with Gasteiger partial charge in [-0.25, -0.2) is 9.97 Å². The molecule has 190 valence electrons. The van der Waals surface area contributed by atoms with Crippen molar-refractivity contribution in [3.8, 4) is 28.1 Å². The van der Waals surface area contributed by atoms with E-state index in [0.717, 1.165) is 97.9 Å². The van der Waals surface area contributed by atoms with Crippen LogP contribution in [0.25, 0.3) is 55.2 Å². The van der Waals surface area contributed by atoms with Gasteiger partial charge in [0.25, 0.3) is 0 Å². The quantitative estimate of drug-likeness (QED) is 0.299. The number of likely N-dealkylation sites (tertiary alicyclic amines) is 1. The van der Waals surface area contributed by atoms with Crippen molar-refractivity contribution in [2.45, 2.75) is 33.2 Å². The molecular formula is C30H28N6O2. The average molecular weight is 505 g/mol. The van der Waals surface area contributed by atoms with Gasteiger partial charge in [0.1, 0.15) is 23.0 Å². The maximum absolute atomic E-state index is 5.89. The van der Waals surface area contributed by atoms with Gasteiger partial charge in [-0.1, -0.05) is 23.4 Å². The predicted octanol–water partition coefficient (Wildman–Crippen LogP) is 6.20. The zero-order valence-corrected chi connectivity index (χ0v) is 21.7. The van der Waals surface area contributed by atoms with Gasteiger partial charge in [-0.15, -0.1) is 0 Å². The number of H-pyrrole nitrogens is 1. The first-order valence-electron chi connectivity index (χ1n) is 13.0. The topological polar surface area (TPSA) is 93.0 Å². The number of ether oxygens (including phenoxy) is 1. The van der Waals surface area contributed by atoms with E-state index in [9.17, 15) is 0 Å². The Bertz CT molecular complexity index is 1810. The minimum atomic E-state index is 0.731. The average Bonchev–Trinajstić information content (AvgIpc) is 3.66. The summed E-state index contributed by atoms with van der Waals surface area (Å²) in [5.74, 6) is 2.33. The van der Waals surface area contributed by atoms with Gasteiger partial charge < -0.3 is 14.2 Å². The van der Waals surface area contributed by atoms with E-state index in [1.807, 2.05) is 38.2 Å².